The lowest BCUT2D eigenvalue weighted by molar-refractivity contribution is -0.115. The highest BCUT2D eigenvalue weighted by Gasteiger charge is 2.16. The third kappa shape index (κ3) is 1.82. The molecule has 1 aliphatic rings. The van der Waals surface area contributed by atoms with E-state index >= 15 is 0 Å². The maximum atomic E-state index is 11.1. The van der Waals surface area contributed by atoms with Gasteiger partial charge in [0.05, 0.1) is 6.42 Å². The van der Waals surface area contributed by atoms with Crippen molar-refractivity contribution in [2.24, 2.45) is 0 Å². The molecule has 0 spiro atoms. The highest BCUT2D eigenvalue weighted by Crippen LogP contribution is 2.25. The van der Waals surface area contributed by atoms with E-state index in [0.29, 0.717) is 12.3 Å². The molecule has 3 nitrogen and oxygen atoms in total. The van der Waals surface area contributed by atoms with E-state index in [-0.39, 0.29) is 5.91 Å². The molecule has 14 heavy (non-hydrogen) atoms. The second-order valence-corrected chi connectivity index (χ2v) is 3.59. The fraction of sp³-hybridized carbons (Fsp3) is 0.300. The van der Waals surface area contributed by atoms with Crippen LogP contribution in [0.4, 0.5) is 11.4 Å². The van der Waals surface area contributed by atoms with Gasteiger partial charge in [-0.15, -0.1) is 11.6 Å². The highest BCUT2D eigenvalue weighted by molar-refractivity contribution is 6.18. The number of nitrogens with one attached hydrogen (secondary N) is 2. The molecule has 1 aromatic rings. The Morgan fingerprint density at radius 1 is 1.50 bits per heavy atom. The van der Waals surface area contributed by atoms with Crippen LogP contribution in [0.1, 0.15) is 5.56 Å². The number of benzene rings is 1. The van der Waals surface area contributed by atoms with Crippen molar-refractivity contribution < 1.29 is 4.79 Å². The summed E-state index contributed by atoms with van der Waals surface area (Å²) < 4.78 is 0. The molecule has 0 saturated heterocycles. The molecule has 0 atom stereocenters. The van der Waals surface area contributed by atoms with Crippen LogP contribution in [0.5, 0.6) is 0 Å². The Morgan fingerprint density at radius 3 is 3.14 bits per heavy atom. The SMILES string of the molecule is O=C1Cc2cc(NCCCl)ccc2N1. The third-order valence-corrected chi connectivity index (χ3v) is 2.34. The van der Waals surface area contributed by atoms with Gasteiger partial charge in [-0.25, -0.2) is 0 Å². The van der Waals surface area contributed by atoms with Crippen LogP contribution in [0.2, 0.25) is 0 Å². The van der Waals surface area contributed by atoms with Crippen molar-refractivity contribution in [1.82, 2.24) is 0 Å². The maximum absolute atomic E-state index is 11.1. The molecule has 0 fully saturated rings. The minimum Gasteiger partial charge on any atom is -0.384 e. The van der Waals surface area contributed by atoms with Crippen LogP contribution in [0.25, 0.3) is 0 Å². The molecule has 2 N–H and O–H groups in total. The summed E-state index contributed by atoms with van der Waals surface area (Å²) in [5, 5.41) is 5.96. The van der Waals surface area contributed by atoms with Crippen molar-refractivity contribution in [1.29, 1.82) is 0 Å². The Hall–Kier alpha value is -1.22. The van der Waals surface area contributed by atoms with Crippen LogP contribution in [0.3, 0.4) is 0 Å². The van der Waals surface area contributed by atoms with Gasteiger partial charge in [-0.2, -0.15) is 0 Å². The van der Waals surface area contributed by atoms with Crippen molar-refractivity contribution in [3.05, 3.63) is 23.8 Å². The number of amides is 1. The number of rotatable bonds is 3. The first-order chi connectivity index (χ1) is 6.79. The van der Waals surface area contributed by atoms with Crippen molar-refractivity contribution >= 4 is 28.9 Å². The quantitative estimate of drug-likeness (QED) is 0.748. The van der Waals surface area contributed by atoms with E-state index in [4.69, 9.17) is 11.6 Å². The largest absolute Gasteiger partial charge is 0.384 e. The zero-order chi connectivity index (χ0) is 9.97. The van der Waals surface area contributed by atoms with Gasteiger partial charge in [-0.1, -0.05) is 0 Å². The van der Waals surface area contributed by atoms with Crippen LogP contribution >= 0.6 is 11.6 Å². The number of hydrogen-bond donors (Lipinski definition) is 2. The van der Waals surface area contributed by atoms with Gasteiger partial charge in [-0.3, -0.25) is 4.79 Å². The number of halogens is 1. The summed E-state index contributed by atoms with van der Waals surface area (Å²) in [5.74, 6) is 0.642. The molecule has 0 saturated carbocycles. The van der Waals surface area contributed by atoms with Gasteiger partial charge in [0.25, 0.3) is 0 Å². The van der Waals surface area contributed by atoms with Gasteiger partial charge in [0.1, 0.15) is 0 Å². The second-order valence-electron chi connectivity index (χ2n) is 3.21. The average Bonchev–Trinajstić information content (AvgIpc) is 2.54. The summed E-state index contributed by atoms with van der Waals surface area (Å²) in [5.41, 5.74) is 2.99. The normalized spacial score (nSPS) is 13.6. The predicted molar refractivity (Wildman–Crippen MR) is 58.0 cm³/mol. The Morgan fingerprint density at radius 2 is 2.36 bits per heavy atom. The summed E-state index contributed by atoms with van der Waals surface area (Å²) in [6.07, 6.45) is 0.478. The molecule has 1 aliphatic heterocycles. The van der Waals surface area contributed by atoms with E-state index in [1.165, 1.54) is 0 Å². The number of anilines is 2. The minimum atomic E-state index is 0.0643. The van der Waals surface area contributed by atoms with E-state index in [2.05, 4.69) is 10.6 Å². The predicted octanol–water partition coefficient (Wildman–Crippen LogP) is 1.83. The number of alkyl halides is 1. The lowest BCUT2D eigenvalue weighted by Gasteiger charge is -2.05. The summed E-state index contributed by atoms with van der Waals surface area (Å²) in [6.45, 7) is 0.738. The van der Waals surface area contributed by atoms with Gasteiger partial charge >= 0.3 is 0 Å². The van der Waals surface area contributed by atoms with Crippen LogP contribution < -0.4 is 10.6 Å². The van der Waals surface area contributed by atoms with E-state index in [0.717, 1.165) is 23.5 Å². The summed E-state index contributed by atoms with van der Waals surface area (Å²) >= 11 is 5.56. The Kier molecular flexibility index (Phi) is 2.59. The standard InChI is InChI=1S/C10H11ClN2O/c11-3-4-12-8-1-2-9-7(5-8)6-10(14)13-9/h1-2,5,12H,3-4,6H2,(H,13,14). The summed E-state index contributed by atoms with van der Waals surface area (Å²) in [7, 11) is 0. The molecule has 0 bridgehead atoms. The Balaban J connectivity index is 2.16. The molecule has 1 amide bonds. The van der Waals surface area contributed by atoms with Gasteiger partial charge in [0.15, 0.2) is 0 Å². The maximum Gasteiger partial charge on any atom is 0.228 e. The number of carbonyl (C=O) groups is 1. The van der Waals surface area contributed by atoms with Gasteiger partial charge < -0.3 is 10.6 Å². The molecule has 4 heteroatoms. The smallest absolute Gasteiger partial charge is 0.228 e. The molecule has 0 aromatic heterocycles. The molecule has 0 unspecified atom stereocenters. The third-order valence-electron chi connectivity index (χ3n) is 2.15. The van der Waals surface area contributed by atoms with Crippen molar-refractivity contribution in [3.8, 4) is 0 Å². The monoisotopic (exact) mass is 210 g/mol. The van der Waals surface area contributed by atoms with E-state index in [1.54, 1.807) is 0 Å². The van der Waals surface area contributed by atoms with Gasteiger partial charge in [-0.05, 0) is 23.8 Å². The number of carbonyl (C=O) groups excluding carboxylic acids is 1. The van der Waals surface area contributed by atoms with Gasteiger partial charge in [0.2, 0.25) is 5.91 Å². The topological polar surface area (TPSA) is 41.1 Å². The van der Waals surface area contributed by atoms with Crippen molar-refractivity contribution in [2.45, 2.75) is 6.42 Å². The Labute approximate surface area is 87.4 Å². The van der Waals surface area contributed by atoms with E-state index < -0.39 is 0 Å². The first-order valence-corrected chi connectivity index (χ1v) is 5.05. The number of fused-ring (bicyclic) bond motifs is 1. The average molecular weight is 211 g/mol. The molecule has 74 valence electrons. The molecule has 2 rings (SSSR count). The van der Waals surface area contributed by atoms with Crippen molar-refractivity contribution in [3.63, 3.8) is 0 Å². The van der Waals surface area contributed by atoms with E-state index in [9.17, 15) is 4.79 Å². The zero-order valence-corrected chi connectivity index (χ0v) is 8.40. The molecule has 0 aliphatic carbocycles. The van der Waals surface area contributed by atoms with E-state index in [1.807, 2.05) is 18.2 Å². The first-order valence-electron chi connectivity index (χ1n) is 4.52. The number of hydrogen-bond acceptors (Lipinski definition) is 2. The molecule has 1 aromatic carbocycles. The fourth-order valence-corrected chi connectivity index (χ4v) is 1.63. The summed E-state index contributed by atoms with van der Waals surface area (Å²) in [6, 6.07) is 5.84. The summed E-state index contributed by atoms with van der Waals surface area (Å²) in [4.78, 5) is 11.1. The molecular weight excluding hydrogens is 200 g/mol. The zero-order valence-electron chi connectivity index (χ0n) is 7.64. The van der Waals surface area contributed by atoms with Crippen LogP contribution in [0.15, 0.2) is 18.2 Å². The second kappa shape index (κ2) is 3.88. The first kappa shape index (κ1) is 9.34. The fourth-order valence-electron chi connectivity index (χ4n) is 1.53. The van der Waals surface area contributed by atoms with Gasteiger partial charge in [0, 0.05) is 23.8 Å². The Bertz CT molecular complexity index is 365. The van der Waals surface area contributed by atoms with Crippen molar-refractivity contribution in [2.75, 3.05) is 23.1 Å². The molecule has 0 radical (unpaired) electrons. The van der Waals surface area contributed by atoms with Crippen LogP contribution in [-0.4, -0.2) is 18.3 Å². The molecule has 1 heterocycles. The van der Waals surface area contributed by atoms with Crippen LogP contribution in [0, 0.1) is 0 Å². The van der Waals surface area contributed by atoms with Crippen LogP contribution in [-0.2, 0) is 11.2 Å². The molecular formula is C10H11ClN2O. The lowest BCUT2D eigenvalue weighted by Crippen LogP contribution is -2.03. The minimum absolute atomic E-state index is 0.0643. The highest BCUT2D eigenvalue weighted by atomic mass is 35.5. The lowest BCUT2D eigenvalue weighted by atomic mass is 10.1.